The van der Waals surface area contributed by atoms with Gasteiger partial charge in [-0.3, -0.25) is 9.79 Å². The smallest absolute Gasteiger partial charge is 0.416 e. The molecule has 0 aliphatic rings. The number of carbonyl (C=O) groups excluding carboxylic acids is 1. The number of amides is 1. The van der Waals surface area contributed by atoms with E-state index in [-0.39, 0.29) is 29.7 Å². The molecule has 0 aromatic heterocycles. The molecule has 0 radical (unpaired) electrons. The van der Waals surface area contributed by atoms with Crippen molar-refractivity contribution in [2.75, 3.05) is 20.1 Å². The fourth-order valence-corrected chi connectivity index (χ4v) is 2.36. The molecule has 0 spiro atoms. The van der Waals surface area contributed by atoms with E-state index in [1.165, 1.54) is 19.2 Å². The highest BCUT2D eigenvalue weighted by Gasteiger charge is 2.34. The molecule has 1 rings (SSSR count). The quantitative estimate of drug-likeness (QED) is 0.362. The van der Waals surface area contributed by atoms with Crippen molar-refractivity contribution in [1.82, 2.24) is 16.0 Å². The molecule has 29 heavy (non-hydrogen) atoms. The zero-order valence-electron chi connectivity index (χ0n) is 17.8. The third kappa shape index (κ3) is 9.06. The van der Waals surface area contributed by atoms with Crippen LogP contribution in [0, 0.1) is 5.92 Å². The molecule has 0 heterocycles. The largest absolute Gasteiger partial charge is 0.488 e. The summed E-state index contributed by atoms with van der Waals surface area (Å²) < 4.78 is 46.0. The van der Waals surface area contributed by atoms with E-state index in [4.69, 9.17) is 4.74 Å². The first-order valence-corrected chi connectivity index (χ1v) is 9.45. The van der Waals surface area contributed by atoms with Crippen molar-refractivity contribution in [3.05, 3.63) is 29.3 Å². The maximum atomic E-state index is 13.5. The van der Waals surface area contributed by atoms with Gasteiger partial charge in [0.15, 0.2) is 5.96 Å². The third-order valence-electron chi connectivity index (χ3n) is 3.72. The molecule has 1 aromatic rings. The highest BCUT2D eigenvalue weighted by Crippen LogP contribution is 2.35. The van der Waals surface area contributed by atoms with Gasteiger partial charge in [0.05, 0.1) is 5.56 Å². The lowest BCUT2D eigenvalue weighted by Crippen LogP contribution is -2.42. The molecule has 1 amide bonds. The zero-order chi connectivity index (χ0) is 22.2. The Kier molecular flexibility index (Phi) is 8.79. The van der Waals surface area contributed by atoms with Crippen LogP contribution in [-0.2, 0) is 17.5 Å². The monoisotopic (exact) mass is 416 g/mol. The minimum atomic E-state index is -4.51. The minimum Gasteiger partial charge on any atom is -0.488 e. The Morgan fingerprint density at radius 3 is 2.24 bits per heavy atom. The standard InChI is InChI=1S/C20H31F3N4O2/c1-13(2)17(28)25-9-10-26-18(24-6)27-12-14-7-8-15(29-19(3,4)5)11-16(14)20(21,22)23/h7-8,11,13H,9-10,12H2,1-6H3,(H,25,28)(H2,24,26,27). The number of nitrogens with one attached hydrogen (secondary N) is 3. The fourth-order valence-electron chi connectivity index (χ4n) is 2.36. The van der Waals surface area contributed by atoms with Crippen molar-refractivity contribution in [2.24, 2.45) is 10.9 Å². The third-order valence-corrected chi connectivity index (χ3v) is 3.72. The summed E-state index contributed by atoms with van der Waals surface area (Å²) in [4.78, 5) is 15.5. The second-order valence-electron chi connectivity index (χ2n) is 7.83. The molecule has 0 bridgehead atoms. The Labute approximate surface area is 170 Å². The average molecular weight is 416 g/mol. The average Bonchev–Trinajstić information content (AvgIpc) is 2.59. The molecular weight excluding hydrogens is 385 g/mol. The SMILES string of the molecule is CN=C(NCCNC(=O)C(C)C)NCc1ccc(OC(C)(C)C)cc1C(F)(F)F. The van der Waals surface area contributed by atoms with Gasteiger partial charge < -0.3 is 20.7 Å². The van der Waals surface area contributed by atoms with E-state index in [0.29, 0.717) is 19.0 Å². The first-order valence-electron chi connectivity index (χ1n) is 9.45. The first-order chi connectivity index (χ1) is 13.3. The number of aliphatic imine (C=N–C) groups is 1. The molecule has 0 atom stereocenters. The lowest BCUT2D eigenvalue weighted by molar-refractivity contribution is -0.138. The Morgan fingerprint density at radius 2 is 1.72 bits per heavy atom. The molecule has 0 fully saturated rings. The molecule has 0 aliphatic carbocycles. The summed E-state index contributed by atoms with van der Waals surface area (Å²) in [6.45, 7) is 9.60. The van der Waals surface area contributed by atoms with E-state index < -0.39 is 17.3 Å². The van der Waals surface area contributed by atoms with Crippen LogP contribution in [0.15, 0.2) is 23.2 Å². The molecule has 0 unspecified atom stereocenters. The number of rotatable bonds is 7. The number of alkyl halides is 3. The Bertz CT molecular complexity index is 711. The van der Waals surface area contributed by atoms with Gasteiger partial charge in [0.25, 0.3) is 0 Å². The molecule has 0 aliphatic heterocycles. The second-order valence-corrected chi connectivity index (χ2v) is 7.83. The van der Waals surface area contributed by atoms with Gasteiger partial charge in [0, 0.05) is 32.6 Å². The molecule has 0 saturated heterocycles. The number of carbonyl (C=O) groups is 1. The molecule has 6 nitrogen and oxygen atoms in total. The topological polar surface area (TPSA) is 74.8 Å². The van der Waals surface area contributed by atoms with Crippen LogP contribution >= 0.6 is 0 Å². The molecule has 9 heteroatoms. The van der Waals surface area contributed by atoms with Crippen LogP contribution in [0.25, 0.3) is 0 Å². The molecule has 0 saturated carbocycles. The summed E-state index contributed by atoms with van der Waals surface area (Å²) in [7, 11) is 1.52. The molecule has 164 valence electrons. The van der Waals surface area contributed by atoms with Crippen molar-refractivity contribution >= 4 is 11.9 Å². The minimum absolute atomic E-state index is 0.0668. The van der Waals surface area contributed by atoms with Crippen LogP contribution in [0.5, 0.6) is 5.75 Å². The number of benzene rings is 1. The lowest BCUT2D eigenvalue weighted by Gasteiger charge is -2.23. The van der Waals surface area contributed by atoms with Crippen LogP contribution in [0.1, 0.15) is 45.7 Å². The lowest BCUT2D eigenvalue weighted by atomic mass is 10.1. The summed E-state index contributed by atoms with van der Waals surface area (Å²) in [6, 6.07) is 3.93. The van der Waals surface area contributed by atoms with Crippen molar-refractivity contribution in [2.45, 2.75) is 52.9 Å². The summed E-state index contributed by atoms with van der Waals surface area (Å²) in [5.41, 5.74) is -1.28. The number of hydrogen-bond donors (Lipinski definition) is 3. The Balaban J connectivity index is 2.74. The van der Waals surface area contributed by atoms with Gasteiger partial charge in [0.2, 0.25) is 5.91 Å². The Hall–Kier alpha value is -2.45. The van der Waals surface area contributed by atoms with E-state index in [1.807, 2.05) is 0 Å². The summed E-state index contributed by atoms with van der Waals surface area (Å²) in [5, 5.41) is 8.56. The predicted octanol–water partition coefficient (Wildman–Crippen LogP) is 3.32. The zero-order valence-corrected chi connectivity index (χ0v) is 17.8. The second kappa shape index (κ2) is 10.4. The van der Waals surface area contributed by atoms with E-state index in [9.17, 15) is 18.0 Å². The van der Waals surface area contributed by atoms with Crippen molar-refractivity contribution in [3.8, 4) is 5.75 Å². The van der Waals surface area contributed by atoms with Gasteiger partial charge >= 0.3 is 6.18 Å². The normalized spacial score (nSPS) is 12.7. The number of halogens is 3. The maximum Gasteiger partial charge on any atom is 0.416 e. The van der Waals surface area contributed by atoms with E-state index in [1.54, 1.807) is 34.6 Å². The first kappa shape index (κ1) is 24.6. The maximum absolute atomic E-state index is 13.5. The van der Waals surface area contributed by atoms with Crippen LogP contribution in [0.4, 0.5) is 13.2 Å². The van der Waals surface area contributed by atoms with Gasteiger partial charge in [-0.2, -0.15) is 13.2 Å². The van der Waals surface area contributed by atoms with Crippen LogP contribution < -0.4 is 20.7 Å². The molecular formula is C20H31F3N4O2. The number of hydrogen-bond acceptors (Lipinski definition) is 3. The van der Waals surface area contributed by atoms with Gasteiger partial charge in [0.1, 0.15) is 11.4 Å². The van der Waals surface area contributed by atoms with Gasteiger partial charge in [-0.25, -0.2) is 0 Å². The Morgan fingerprint density at radius 1 is 1.10 bits per heavy atom. The van der Waals surface area contributed by atoms with Crippen molar-refractivity contribution in [1.29, 1.82) is 0 Å². The van der Waals surface area contributed by atoms with Crippen LogP contribution in [0.3, 0.4) is 0 Å². The summed E-state index contributed by atoms with van der Waals surface area (Å²) in [5.74, 6) is 0.324. The number of guanidine groups is 1. The van der Waals surface area contributed by atoms with Crippen molar-refractivity contribution in [3.63, 3.8) is 0 Å². The van der Waals surface area contributed by atoms with Crippen LogP contribution in [0.2, 0.25) is 0 Å². The predicted molar refractivity (Wildman–Crippen MR) is 108 cm³/mol. The highest BCUT2D eigenvalue weighted by atomic mass is 19.4. The summed E-state index contributed by atoms with van der Waals surface area (Å²) in [6.07, 6.45) is -4.51. The summed E-state index contributed by atoms with van der Waals surface area (Å²) >= 11 is 0. The van der Waals surface area contributed by atoms with Crippen molar-refractivity contribution < 1.29 is 22.7 Å². The highest BCUT2D eigenvalue weighted by molar-refractivity contribution is 5.80. The number of nitrogens with zero attached hydrogens (tertiary/aromatic N) is 1. The van der Waals surface area contributed by atoms with Gasteiger partial charge in [-0.15, -0.1) is 0 Å². The van der Waals surface area contributed by atoms with E-state index in [0.717, 1.165) is 6.07 Å². The van der Waals surface area contributed by atoms with E-state index in [2.05, 4.69) is 20.9 Å². The van der Waals surface area contributed by atoms with E-state index >= 15 is 0 Å². The van der Waals surface area contributed by atoms with Crippen LogP contribution in [-0.4, -0.2) is 37.6 Å². The molecule has 1 aromatic carbocycles. The van der Waals surface area contributed by atoms with Gasteiger partial charge in [-0.05, 0) is 38.5 Å². The molecule has 3 N–H and O–H groups in total. The fraction of sp³-hybridized carbons (Fsp3) is 0.600. The van der Waals surface area contributed by atoms with Gasteiger partial charge in [-0.1, -0.05) is 19.9 Å². The number of ether oxygens (including phenoxy) is 1.